The van der Waals surface area contributed by atoms with Crippen LogP contribution in [0.5, 0.6) is 0 Å². The Labute approximate surface area is 103 Å². The summed E-state index contributed by atoms with van der Waals surface area (Å²) in [6, 6.07) is 10.2. The summed E-state index contributed by atoms with van der Waals surface area (Å²) in [5.74, 6) is 0.587. The molecule has 1 saturated heterocycles. The van der Waals surface area contributed by atoms with Crippen molar-refractivity contribution in [2.75, 3.05) is 18.1 Å². The topological polar surface area (TPSA) is 60.2 Å². The Hall–Kier alpha value is -0.870. The van der Waals surface area contributed by atoms with Crippen LogP contribution in [0.4, 0.5) is 0 Å². The van der Waals surface area contributed by atoms with Gasteiger partial charge < -0.3 is 5.73 Å². The van der Waals surface area contributed by atoms with Crippen LogP contribution >= 0.6 is 0 Å². The van der Waals surface area contributed by atoms with E-state index in [1.54, 1.807) is 0 Å². The van der Waals surface area contributed by atoms with Gasteiger partial charge in [0.15, 0.2) is 0 Å². The molecule has 1 fully saturated rings. The third kappa shape index (κ3) is 2.69. The SMILES string of the molecule is NCCC1(c2ccccc2)CCS(=O)(=O)CC1. The molecule has 0 saturated carbocycles. The molecule has 2 N–H and O–H groups in total. The average molecular weight is 253 g/mol. The van der Waals surface area contributed by atoms with Crippen LogP contribution in [0.2, 0.25) is 0 Å². The van der Waals surface area contributed by atoms with Crippen LogP contribution in [0.25, 0.3) is 0 Å². The van der Waals surface area contributed by atoms with Crippen molar-refractivity contribution >= 4 is 9.84 Å². The van der Waals surface area contributed by atoms with Crippen molar-refractivity contribution in [2.24, 2.45) is 5.73 Å². The minimum Gasteiger partial charge on any atom is -0.330 e. The van der Waals surface area contributed by atoms with E-state index in [1.165, 1.54) is 5.56 Å². The first kappa shape index (κ1) is 12.6. The van der Waals surface area contributed by atoms with E-state index in [2.05, 4.69) is 12.1 Å². The van der Waals surface area contributed by atoms with Gasteiger partial charge >= 0.3 is 0 Å². The quantitative estimate of drug-likeness (QED) is 0.887. The highest BCUT2D eigenvalue weighted by Crippen LogP contribution is 2.38. The second-order valence-electron chi connectivity index (χ2n) is 4.84. The summed E-state index contributed by atoms with van der Waals surface area (Å²) in [6.45, 7) is 0.606. The van der Waals surface area contributed by atoms with Gasteiger partial charge in [-0.1, -0.05) is 30.3 Å². The Balaban J connectivity index is 2.29. The first-order valence-corrected chi connectivity index (χ1v) is 7.86. The molecule has 1 heterocycles. The zero-order valence-electron chi connectivity index (χ0n) is 9.93. The summed E-state index contributed by atoms with van der Waals surface area (Å²) < 4.78 is 23.1. The third-order valence-electron chi connectivity index (χ3n) is 3.79. The first-order chi connectivity index (χ1) is 8.08. The normalized spacial score (nSPS) is 22.2. The van der Waals surface area contributed by atoms with Crippen molar-refractivity contribution < 1.29 is 8.42 Å². The van der Waals surface area contributed by atoms with Gasteiger partial charge in [-0.25, -0.2) is 8.42 Å². The maximum atomic E-state index is 11.5. The monoisotopic (exact) mass is 253 g/mol. The summed E-state index contributed by atoms with van der Waals surface area (Å²) in [4.78, 5) is 0. The number of rotatable bonds is 3. The highest BCUT2D eigenvalue weighted by molar-refractivity contribution is 7.91. The van der Waals surface area contributed by atoms with Crippen LogP contribution < -0.4 is 5.73 Å². The van der Waals surface area contributed by atoms with Gasteiger partial charge in [-0.15, -0.1) is 0 Å². The van der Waals surface area contributed by atoms with Gasteiger partial charge in [0.1, 0.15) is 9.84 Å². The van der Waals surface area contributed by atoms with Crippen LogP contribution in [-0.2, 0) is 15.3 Å². The molecule has 0 spiro atoms. The molecule has 1 aliphatic heterocycles. The average Bonchev–Trinajstić information content (AvgIpc) is 2.34. The predicted octanol–water partition coefficient (Wildman–Crippen LogP) is 1.48. The second kappa shape index (κ2) is 4.78. The Morgan fingerprint density at radius 2 is 1.71 bits per heavy atom. The van der Waals surface area contributed by atoms with Crippen LogP contribution in [-0.4, -0.2) is 26.5 Å². The van der Waals surface area contributed by atoms with Crippen LogP contribution in [0.1, 0.15) is 24.8 Å². The predicted molar refractivity (Wildman–Crippen MR) is 69.7 cm³/mol. The number of hydrogen-bond donors (Lipinski definition) is 1. The smallest absolute Gasteiger partial charge is 0.150 e. The van der Waals surface area contributed by atoms with Crippen molar-refractivity contribution in [1.82, 2.24) is 0 Å². The number of nitrogens with two attached hydrogens (primary N) is 1. The molecule has 0 unspecified atom stereocenters. The van der Waals surface area contributed by atoms with E-state index in [0.29, 0.717) is 30.9 Å². The van der Waals surface area contributed by atoms with Gasteiger partial charge in [-0.05, 0) is 36.8 Å². The molecule has 0 radical (unpaired) electrons. The van der Waals surface area contributed by atoms with Gasteiger partial charge in [0.25, 0.3) is 0 Å². The summed E-state index contributed by atoms with van der Waals surface area (Å²) in [7, 11) is -2.82. The highest BCUT2D eigenvalue weighted by Gasteiger charge is 2.37. The van der Waals surface area contributed by atoms with Gasteiger partial charge in [0, 0.05) is 0 Å². The maximum absolute atomic E-state index is 11.5. The molecular weight excluding hydrogens is 234 g/mol. The van der Waals surface area contributed by atoms with E-state index in [0.717, 1.165) is 6.42 Å². The van der Waals surface area contributed by atoms with Crippen molar-refractivity contribution in [2.45, 2.75) is 24.7 Å². The zero-order chi connectivity index (χ0) is 12.4. The fourth-order valence-electron chi connectivity index (χ4n) is 2.68. The molecular formula is C13H19NO2S. The molecule has 0 amide bonds. The lowest BCUT2D eigenvalue weighted by Gasteiger charge is -2.37. The fourth-order valence-corrected chi connectivity index (χ4v) is 4.29. The Morgan fingerprint density at radius 1 is 1.12 bits per heavy atom. The third-order valence-corrected chi connectivity index (χ3v) is 5.44. The zero-order valence-corrected chi connectivity index (χ0v) is 10.7. The Morgan fingerprint density at radius 3 is 2.24 bits per heavy atom. The molecule has 0 bridgehead atoms. The lowest BCUT2D eigenvalue weighted by molar-refractivity contribution is 0.359. The second-order valence-corrected chi connectivity index (χ2v) is 7.14. The number of sulfone groups is 1. The summed E-state index contributed by atoms with van der Waals surface area (Å²) in [5.41, 5.74) is 6.91. The van der Waals surface area contributed by atoms with Crippen LogP contribution in [0, 0.1) is 0 Å². The van der Waals surface area contributed by atoms with E-state index in [4.69, 9.17) is 5.73 Å². The fraction of sp³-hybridized carbons (Fsp3) is 0.538. The molecule has 0 atom stereocenters. The van der Waals surface area contributed by atoms with Gasteiger partial charge in [0.2, 0.25) is 0 Å². The van der Waals surface area contributed by atoms with Gasteiger partial charge in [-0.2, -0.15) is 0 Å². The van der Waals surface area contributed by atoms with Gasteiger partial charge in [-0.3, -0.25) is 0 Å². The minimum atomic E-state index is -2.82. The Kier molecular flexibility index (Phi) is 3.54. The summed E-state index contributed by atoms with van der Waals surface area (Å²) >= 11 is 0. The largest absolute Gasteiger partial charge is 0.330 e. The summed E-state index contributed by atoms with van der Waals surface area (Å²) in [6.07, 6.45) is 2.28. The molecule has 94 valence electrons. The van der Waals surface area contributed by atoms with Crippen molar-refractivity contribution in [3.63, 3.8) is 0 Å². The molecule has 1 aromatic carbocycles. The van der Waals surface area contributed by atoms with E-state index >= 15 is 0 Å². The molecule has 3 nitrogen and oxygen atoms in total. The highest BCUT2D eigenvalue weighted by atomic mass is 32.2. The lowest BCUT2D eigenvalue weighted by Crippen LogP contribution is -2.38. The van der Waals surface area contributed by atoms with E-state index < -0.39 is 9.84 Å². The number of hydrogen-bond acceptors (Lipinski definition) is 3. The maximum Gasteiger partial charge on any atom is 0.150 e. The van der Waals surface area contributed by atoms with E-state index in [1.807, 2.05) is 18.2 Å². The standard InChI is InChI=1S/C13H19NO2S/c14-9-6-13(12-4-2-1-3-5-12)7-10-17(15,16)11-8-13/h1-5H,6-11,14H2. The lowest BCUT2D eigenvalue weighted by atomic mass is 9.73. The molecule has 0 aliphatic carbocycles. The molecule has 1 aliphatic rings. The molecule has 2 rings (SSSR count). The van der Waals surface area contributed by atoms with Crippen molar-refractivity contribution in [1.29, 1.82) is 0 Å². The minimum absolute atomic E-state index is 0.0265. The molecule has 4 heteroatoms. The van der Waals surface area contributed by atoms with E-state index in [9.17, 15) is 8.42 Å². The summed E-state index contributed by atoms with van der Waals surface area (Å²) in [5, 5.41) is 0. The molecule has 0 aromatic heterocycles. The molecule has 1 aromatic rings. The Bertz CT molecular complexity index is 453. The van der Waals surface area contributed by atoms with Crippen molar-refractivity contribution in [3.8, 4) is 0 Å². The first-order valence-electron chi connectivity index (χ1n) is 6.04. The van der Waals surface area contributed by atoms with Crippen LogP contribution in [0.3, 0.4) is 0 Å². The molecule has 17 heavy (non-hydrogen) atoms. The van der Waals surface area contributed by atoms with Crippen molar-refractivity contribution in [3.05, 3.63) is 35.9 Å². The number of benzene rings is 1. The van der Waals surface area contributed by atoms with E-state index in [-0.39, 0.29) is 5.41 Å². The van der Waals surface area contributed by atoms with Gasteiger partial charge in [0.05, 0.1) is 11.5 Å². The van der Waals surface area contributed by atoms with Crippen LogP contribution in [0.15, 0.2) is 30.3 Å².